The van der Waals surface area contributed by atoms with Crippen LogP contribution < -0.4 is 10.1 Å². The molecule has 1 aromatic heterocycles. The molecule has 1 N–H and O–H groups in total. The molecule has 2 amide bonds. The zero-order chi connectivity index (χ0) is 20.2. The number of carbonyl (C=O) groups is 1. The van der Waals surface area contributed by atoms with Crippen molar-refractivity contribution in [1.29, 1.82) is 0 Å². The van der Waals surface area contributed by atoms with Gasteiger partial charge in [0.2, 0.25) is 0 Å². The number of hydrogen-bond donors (Lipinski definition) is 1. The van der Waals surface area contributed by atoms with Crippen LogP contribution in [0.3, 0.4) is 0 Å². The maximum absolute atomic E-state index is 12.7. The first-order chi connectivity index (χ1) is 14.1. The lowest BCUT2D eigenvalue weighted by molar-refractivity contribution is 0.194. The molecule has 0 radical (unpaired) electrons. The number of nitrogens with zero attached hydrogens (tertiary/aromatic N) is 3. The van der Waals surface area contributed by atoms with E-state index in [0.717, 1.165) is 30.2 Å². The fourth-order valence-electron chi connectivity index (χ4n) is 4.28. The minimum Gasteiger partial charge on any atom is -0.495 e. The van der Waals surface area contributed by atoms with Crippen LogP contribution in [0.2, 0.25) is 5.02 Å². The van der Waals surface area contributed by atoms with E-state index in [-0.39, 0.29) is 6.03 Å². The number of urea groups is 1. The van der Waals surface area contributed by atoms with Crippen molar-refractivity contribution in [3.63, 3.8) is 0 Å². The summed E-state index contributed by atoms with van der Waals surface area (Å²) in [5, 5.41) is 14.7. The smallest absolute Gasteiger partial charge is 0.321 e. The van der Waals surface area contributed by atoms with Crippen LogP contribution >= 0.6 is 22.9 Å². The van der Waals surface area contributed by atoms with Gasteiger partial charge < -0.3 is 15.0 Å². The van der Waals surface area contributed by atoms with E-state index in [1.165, 1.54) is 30.7 Å². The Morgan fingerprint density at radius 1 is 1.24 bits per heavy atom. The number of carbonyl (C=O) groups excluding carboxylic acids is 1. The second-order valence-corrected chi connectivity index (χ2v) is 9.45. The van der Waals surface area contributed by atoms with Gasteiger partial charge in [-0.25, -0.2) is 4.79 Å². The molecule has 0 atom stereocenters. The molecule has 4 rings (SSSR count). The highest BCUT2D eigenvalue weighted by Gasteiger charge is 2.27. The molecule has 1 aliphatic carbocycles. The lowest BCUT2D eigenvalue weighted by Gasteiger charge is -2.31. The van der Waals surface area contributed by atoms with Crippen LogP contribution in [0.4, 0.5) is 10.5 Å². The van der Waals surface area contributed by atoms with Gasteiger partial charge in [0.25, 0.3) is 0 Å². The molecule has 1 saturated heterocycles. The van der Waals surface area contributed by atoms with E-state index in [9.17, 15) is 4.79 Å². The first kappa shape index (κ1) is 20.4. The number of anilines is 1. The van der Waals surface area contributed by atoms with Gasteiger partial charge in [-0.05, 0) is 37.0 Å². The van der Waals surface area contributed by atoms with Crippen molar-refractivity contribution in [1.82, 2.24) is 15.1 Å². The Kier molecular flexibility index (Phi) is 6.55. The number of aromatic nitrogens is 2. The summed E-state index contributed by atoms with van der Waals surface area (Å²) < 4.78 is 5.31. The zero-order valence-corrected chi connectivity index (χ0v) is 18.3. The zero-order valence-electron chi connectivity index (χ0n) is 16.7. The van der Waals surface area contributed by atoms with Crippen LogP contribution in [0.1, 0.15) is 54.5 Å². The fourth-order valence-corrected chi connectivity index (χ4v) is 5.58. The van der Waals surface area contributed by atoms with Gasteiger partial charge in [0.15, 0.2) is 0 Å². The Morgan fingerprint density at radius 3 is 2.72 bits per heavy atom. The quantitative estimate of drug-likeness (QED) is 0.689. The van der Waals surface area contributed by atoms with Crippen molar-refractivity contribution in [3.8, 4) is 5.75 Å². The summed E-state index contributed by atoms with van der Waals surface area (Å²) in [7, 11) is 1.58. The highest BCUT2D eigenvalue weighted by atomic mass is 35.5. The lowest BCUT2D eigenvalue weighted by Crippen LogP contribution is -2.40. The predicted molar refractivity (Wildman–Crippen MR) is 116 cm³/mol. The van der Waals surface area contributed by atoms with Gasteiger partial charge in [0.1, 0.15) is 15.8 Å². The van der Waals surface area contributed by atoms with Crippen molar-refractivity contribution in [2.75, 3.05) is 25.5 Å². The molecule has 2 fully saturated rings. The molecule has 8 heteroatoms. The average molecular weight is 435 g/mol. The molecule has 1 aromatic carbocycles. The standard InChI is InChI=1S/C21H27ClN4O2S/c1-28-18-7-6-16(22)13-17(18)23-21(27)26-10-8-15(9-11-26)20-25-24-19(29-20)12-14-4-2-3-5-14/h6-7,13-15H,2-5,8-12H2,1H3,(H,23,27). The van der Waals surface area contributed by atoms with Crippen molar-refractivity contribution in [2.45, 2.75) is 50.9 Å². The van der Waals surface area contributed by atoms with E-state index in [4.69, 9.17) is 16.3 Å². The van der Waals surface area contributed by atoms with Crippen LogP contribution in [-0.4, -0.2) is 41.3 Å². The monoisotopic (exact) mass is 434 g/mol. The number of piperidine rings is 1. The second-order valence-electron chi connectivity index (χ2n) is 7.92. The number of likely N-dealkylation sites (tertiary alicyclic amines) is 1. The predicted octanol–water partition coefficient (Wildman–Crippen LogP) is 5.34. The molecular weight excluding hydrogens is 408 g/mol. The van der Waals surface area contributed by atoms with E-state index in [2.05, 4.69) is 15.5 Å². The normalized spacial score (nSPS) is 18.2. The first-order valence-electron chi connectivity index (χ1n) is 10.3. The second kappa shape index (κ2) is 9.30. The Hall–Kier alpha value is -1.86. The number of halogens is 1. The van der Waals surface area contributed by atoms with Gasteiger partial charge >= 0.3 is 6.03 Å². The average Bonchev–Trinajstić information content (AvgIpc) is 3.41. The summed E-state index contributed by atoms with van der Waals surface area (Å²) in [6, 6.07) is 5.08. The number of amides is 2. The van der Waals surface area contributed by atoms with Crippen molar-refractivity contribution in [3.05, 3.63) is 33.2 Å². The molecule has 0 spiro atoms. The largest absolute Gasteiger partial charge is 0.495 e. The SMILES string of the molecule is COc1ccc(Cl)cc1NC(=O)N1CCC(c2nnc(CC3CCCC3)s2)CC1. The molecule has 2 aliphatic rings. The van der Waals surface area contributed by atoms with Crippen LogP contribution in [0.15, 0.2) is 18.2 Å². The lowest BCUT2D eigenvalue weighted by atomic mass is 9.98. The van der Waals surface area contributed by atoms with E-state index in [1.54, 1.807) is 36.6 Å². The summed E-state index contributed by atoms with van der Waals surface area (Å²) in [6.45, 7) is 1.41. The first-order valence-corrected chi connectivity index (χ1v) is 11.5. The third-order valence-electron chi connectivity index (χ3n) is 5.96. The molecule has 1 saturated carbocycles. The highest BCUT2D eigenvalue weighted by molar-refractivity contribution is 7.11. The summed E-state index contributed by atoms with van der Waals surface area (Å²) in [5.41, 5.74) is 0.591. The van der Waals surface area contributed by atoms with E-state index >= 15 is 0 Å². The fraction of sp³-hybridized carbons (Fsp3) is 0.571. The van der Waals surface area contributed by atoms with E-state index in [1.807, 2.05) is 4.90 Å². The van der Waals surface area contributed by atoms with E-state index in [0.29, 0.717) is 35.5 Å². The third kappa shape index (κ3) is 5.01. The molecule has 2 heterocycles. The van der Waals surface area contributed by atoms with Gasteiger partial charge in [-0.2, -0.15) is 0 Å². The Balaban J connectivity index is 1.30. The summed E-state index contributed by atoms with van der Waals surface area (Å²) in [4.78, 5) is 14.5. The maximum atomic E-state index is 12.7. The van der Waals surface area contributed by atoms with Gasteiger partial charge in [-0.3, -0.25) is 0 Å². The number of hydrogen-bond acceptors (Lipinski definition) is 5. The maximum Gasteiger partial charge on any atom is 0.321 e. The number of methoxy groups -OCH3 is 1. The Morgan fingerprint density at radius 2 is 2.00 bits per heavy atom. The van der Waals surface area contributed by atoms with Gasteiger partial charge in [0, 0.05) is 30.5 Å². The summed E-state index contributed by atoms with van der Waals surface area (Å²) in [5.74, 6) is 1.79. The Labute approximate surface area is 180 Å². The number of ether oxygens (including phenoxy) is 1. The molecule has 6 nitrogen and oxygen atoms in total. The van der Waals surface area contributed by atoms with Crippen LogP contribution in [0, 0.1) is 5.92 Å². The number of benzene rings is 1. The minimum atomic E-state index is -0.122. The molecular formula is C21H27ClN4O2S. The summed E-state index contributed by atoms with van der Waals surface area (Å²) >= 11 is 7.83. The molecule has 156 valence electrons. The molecule has 0 bridgehead atoms. The van der Waals surface area contributed by atoms with Crippen molar-refractivity contribution in [2.24, 2.45) is 5.92 Å². The topological polar surface area (TPSA) is 67.3 Å². The van der Waals surface area contributed by atoms with Gasteiger partial charge in [0.05, 0.1) is 12.8 Å². The van der Waals surface area contributed by atoms with Gasteiger partial charge in [-0.1, -0.05) is 37.3 Å². The third-order valence-corrected chi connectivity index (χ3v) is 7.30. The van der Waals surface area contributed by atoms with Crippen LogP contribution in [0.25, 0.3) is 0 Å². The number of rotatable bonds is 5. The van der Waals surface area contributed by atoms with E-state index < -0.39 is 0 Å². The van der Waals surface area contributed by atoms with Gasteiger partial charge in [-0.15, -0.1) is 21.5 Å². The minimum absolute atomic E-state index is 0.122. The molecule has 1 aliphatic heterocycles. The summed E-state index contributed by atoms with van der Waals surface area (Å²) in [6.07, 6.45) is 8.30. The van der Waals surface area contributed by atoms with Crippen molar-refractivity contribution < 1.29 is 9.53 Å². The van der Waals surface area contributed by atoms with Crippen molar-refractivity contribution >= 4 is 34.7 Å². The molecule has 29 heavy (non-hydrogen) atoms. The highest BCUT2D eigenvalue weighted by Crippen LogP contribution is 2.34. The Bertz CT molecular complexity index is 845. The number of nitrogens with one attached hydrogen (secondary N) is 1. The van der Waals surface area contributed by atoms with Crippen LogP contribution in [0.5, 0.6) is 5.75 Å². The molecule has 0 unspecified atom stereocenters. The molecule has 2 aromatic rings. The van der Waals surface area contributed by atoms with Crippen LogP contribution in [-0.2, 0) is 6.42 Å².